The second kappa shape index (κ2) is 7.59. The lowest BCUT2D eigenvalue weighted by Gasteiger charge is -2.35. The van der Waals surface area contributed by atoms with E-state index in [2.05, 4.69) is 19.9 Å². The first kappa shape index (κ1) is 19.9. The van der Waals surface area contributed by atoms with E-state index in [4.69, 9.17) is 5.14 Å². The maximum absolute atomic E-state index is 13.1. The minimum absolute atomic E-state index is 0.112. The van der Waals surface area contributed by atoms with Crippen LogP contribution in [0.2, 0.25) is 0 Å². The van der Waals surface area contributed by atoms with Crippen LogP contribution >= 0.6 is 11.3 Å². The summed E-state index contributed by atoms with van der Waals surface area (Å²) in [5, 5.41) is 10.7. The van der Waals surface area contributed by atoms with E-state index in [1.807, 2.05) is 6.20 Å². The molecule has 4 aromatic rings. The van der Waals surface area contributed by atoms with Gasteiger partial charge in [-0.2, -0.15) is 0 Å². The van der Waals surface area contributed by atoms with E-state index < -0.39 is 10.0 Å². The van der Waals surface area contributed by atoms with Gasteiger partial charge in [-0.25, -0.2) is 27.4 Å². The van der Waals surface area contributed by atoms with Gasteiger partial charge in [-0.15, -0.1) is 5.10 Å². The van der Waals surface area contributed by atoms with E-state index in [0.717, 1.165) is 53.2 Å². The van der Waals surface area contributed by atoms with Crippen molar-refractivity contribution in [3.05, 3.63) is 60.5 Å². The van der Waals surface area contributed by atoms with E-state index in [1.165, 1.54) is 35.6 Å². The molecule has 0 aliphatic carbocycles. The SMILES string of the molecule is NS(=O)(=O)c1ccc(N2CCN(c3nn4cc(-c5ccc(F)cc5)nc4s3)CC2)cc1. The molecule has 2 aromatic carbocycles. The van der Waals surface area contributed by atoms with Crippen molar-refractivity contribution in [1.82, 2.24) is 14.6 Å². The predicted octanol–water partition coefficient (Wildman–Crippen LogP) is 2.57. The number of anilines is 2. The monoisotopic (exact) mass is 458 g/mol. The Hall–Kier alpha value is -3.02. The fourth-order valence-corrected chi connectivity index (χ4v) is 5.03. The Morgan fingerprint density at radius 3 is 2.19 bits per heavy atom. The van der Waals surface area contributed by atoms with Crippen LogP contribution in [0.25, 0.3) is 16.2 Å². The minimum Gasteiger partial charge on any atom is -0.368 e. The smallest absolute Gasteiger partial charge is 0.238 e. The zero-order chi connectivity index (χ0) is 21.6. The minimum atomic E-state index is -3.68. The average molecular weight is 459 g/mol. The number of imidazole rings is 1. The van der Waals surface area contributed by atoms with E-state index in [0.29, 0.717) is 0 Å². The van der Waals surface area contributed by atoms with Gasteiger partial charge in [0.1, 0.15) is 5.82 Å². The summed E-state index contributed by atoms with van der Waals surface area (Å²) in [6.07, 6.45) is 1.85. The van der Waals surface area contributed by atoms with Crippen molar-refractivity contribution >= 4 is 37.1 Å². The first-order valence-corrected chi connectivity index (χ1v) is 12.0. The van der Waals surface area contributed by atoms with Gasteiger partial charge < -0.3 is 9.80 Å². The molecular formula is C20H19FN6O2S2. The third kappa shape index (κ3) is 3.99. The van der Waals surface area contributed by atoms with E-state index in [-0.39, 0.29) is 10.7 Å². The van der Waals surface area contributed by atoms with Crippen LogP contribution in [-0.2, 0) is 10.0 Å². The Labute approximate surface area is 182 Å². The van der Waals surface area contributed by atoms with Crippen molar-refractivity contribution in [2.75, 3.05) is 36.0 Å². The first-order valence-electron chi connectivity index (χ1n) is 9.62. The van der Waals surface area contributed by atoms with Crippen molar-refractivity contribution in [3.8, 4) is 11.3 Å². The number of fused-ring (bicyclic) bond motifs is 1. The average Bonchev–Trinajstić information content (AvgIpc) is 3.33. The molecule has 0 saturated carbocycles. The maximum Gasteiger partial charge on any atom is 0.238 e. The number of rotatable bonds is 4. The molecule has 31 heavy (non-hydrogen) atoms. The third-order valence-electron chi connectivity index (χ3n) is 5.25. The molecule has 0 amide bonds. The number of primary sulfonamides is 1. The van der Waals surface area contributed by atoms with Gasteiger partial charge in [-0.1, -0.05) is 11.3 Å². The zero-order valence-electron chi connectivity index (χ0n) is 16.3. The Bertz CT molecular complexity index is 1290. The molecule has 11 heteroatoms. The molecule has 1 fully saturated rings. The Kier molecular flexibility index (Phi) is 4.88. The van der Waals surface area contributed by atoms with Crippen molar-refractivity contribution in [3.63, 3.8) is 0 Å². The van der Waals surface area contributed by atoms with Crippen molar-refractivity contribution in [1.29, 1.82) is 0 Å². The number of nitrogens with zero attached hydrogens (tertiary/aromatic N) is 5. The van der Waals surface area contributed by atoms with Crippen LogP contribution < -0.4 is 14.9 Å². The molecule has 2 N–H and O–H groups in total. The van der Waals surface area contributed by atoms with E-state index >= 15 is 0 Å². The third-order valence-corrected chi connectivity index (χ3v) is 7.17. The molecular weight excluding hydrogens is 439 g/mol. The highest BCUT2D eigenvalue weighted by Gasteiger charge is 2.21. The molecule has 160 valence electrons. The highest BCUT2D eigenvalue weighted by atomic mass is 32.2. The molecule has 5 rings (SSSR count). The molecule has 0 unspecified atom stereocenters. The number of halogens is 1. The van der Waals surface area contributed by atoms with Crippen molar-refractivity contribution in [2.24, 2.45) is 5.14 Å². The standard InChI is InChI=1S/C20H19FN6O2S2/c21-15-3-1-14(2-4-15)18-13-27-19(23-18)30-20(24-27)26-11-9-25(10-12-26)16-5-7-17(8-6-16)31(22,28)29/h1-8,13H,9-12H2,(H2,22,28,29). The molecule has 1 saturated heterocycles. The fraction of sp³-hybridized carbons (Fsp3) is 0.200. The van der Waals surface area contributed by atoms with Gasteiger partial charge in [0, 0.05) is 37.4 Å². The van der Waals surface area contributed by atoms with Crippen LogP contribution in [0.5, 0.6) is 0 Å². The summed E-state index contributed by atoms with van der Waals surface area (Å²) >= 11 is 1.52. The van der Waals surface area contributed by atoms with Crippen LogP contribution in [0.3, 0.4) is 0 Å². The largest absolute Gasteiger partial charge is 0.368 e. The Balaban J connectivity index is 1.27. The van der Waals surface area contributed by atoms with E-state index in [1.54, 1.807) is 28.8 Å². The predicted molar refractivity (Wildman–Crippen MR) is 118 cm³/mol. The zero-order valence-corrected chi connectivity index (χ0v) is 18.0. The summed E-state index contributed by atoms with van der Waals surface area (Å²) in [7, 11) is -3.68. The maximum atomic E-state index is 13.1. The molecule has 1 aliphatic rings. The summed E-state index contributed by atoms with van der Waals surface area (Å²) in [4.78, 5) is 9.94. The Morgan fingerprint density at radius 2 is 1.58 bits per heavy atom. The molecule has 2 aromatic heterocycles. The summed E-state index contributed by atoms with van der Waals surface area (Å²) < 4.78 is 37.7. The summed E-state index contributed by atoms with van der Waals surface area (Å²) in [6.45, 7) is 3.16. The molecule has 0 bridgehead atoms. The molecule has 1 aliphatic heterocycles. The summed E-state index contributed by atoms with van der Waals surface area (Å²) in [5.74, 6) is -0.273. The van der Waals surface area contributed by atoms with Crippen molar-refractivity contribution < 1.29 is 12.8 Å². The van der Waals surface area contributed by atoms with Crippen LogP contribution in [-0.4, -0.2) is 49.2 Å². The number of nitrogens with two attached hydrogens (primary N) is 1. The van der Waals surface area contributed by atoms with E-state index in [9.17, 15) is 12.8 Å². The highest BCUT2D eigenvalue weighted by Crippen LogP contribution is 2.28. The second-order valence-corrected chi connectivity index (χ2v) is 9.75. The van der Waals surface area contributed by atoms with Gasteiger partial charge in [0.15, 0.2) is 0 Å². The van der Waals surface area contributed by atoms with Crippen LogP contribution in [0.1, 0.15) is 0 Å². The van der Waals surface area contributed by atoms with Gasteiger partial charge in [0.25, 0.3) is 0 Å². The number of piperazine rings is 1. The summed E-state index contributed by atoms with van der Waals surface area (Å²) in [6, 6.07) is 12.9. The van der Waals surface area contributed by atoms with Gasteiger partial charge in [-0.3, -0.25) is 0 Å². The number of sulfonamides is 1. The first-order chi connectivity index (χ1) is 14.9. The molecule has 0 spiro atoms. The quantitative estimate of drug-likeness (QED) is 0.505. The van der Waals surface area contributed by atoms with Crippen LogP contribution in [0, 0.1) is 5.82 Å². The fourth-order valence-electron chi connectivity index (χ4n) is 3.58. The molecule has 8 nitrogen and oxygen atoms in total. The second-order valence-electron chi connectivity index (χ2n) is 7.26. The number of benzene rings is 2. The highest BCUT2D eigenvalue weighted by molar-refractivity contribution is 7.89. The van der Waals surface area contributed by atoms with Gasteiger partial charge in [0.2, 0.25) is 20.1 Å². The van der Waals surface area contributed by atoms with Gasteiger partial charge >= 0.3 is 0 Å². The summed E-state index contributed by atoms with van der Waals surface area (Å²) in [5.41, 5.74) is 2.57. The van der Waals surface area contributed by atoms with Crippen molar-refractivity contribution in [2.45, 2.75) is 4.90 Å². The lowest BCUT2D eigenvalue weighted by molar-refractivity contribution is 0.597. The number of hydrogen-bond acceptors (Lipinski definition) is 7. The topological polar surface area (TPSA) is 96.8 Å². The lowest BCUT2D eigenvalue weighted by atomic mass is 10.2. The lowest BCUT2D eigenvalue weighted by Crippen LogP contribution is -2.46. The number of hydrogen-bond donors (Lipinski definition) is 1. The van der Waals surface area contributed by atoms with Gasteiger partial charge in [-0.05, 0) is 48.5 Å². The molecule has 0 radical (unpaired) electrons. The molecule has 0 atom stereocenters. The normalized spacial score (nSPS) is 15.0. The molecule has 3 heterocycles. The van der Waals surface area contributed by atoms with Crippen LogP contribution in [0.15, 0.2) is 59.6 Å². The van der Waals surface area contributed by atoms with Crippen LogP contribution in [0.4, 0.5) is 15.2 Å². The number of aromatic nitrogens is 3. The Morgan fingerprint density at radius 1 is 0.935 bits per heavy atom. The van der Waals surface area contributed by atoms with Gasteiger partial charge in [0.05, 0.1) is 16.8 Å².